The van der Waals surface area contributed by atoms with Gasteiger partial charge in [0.2, 0.25) is 17.8 Å². The van der Waals surface area contributed by atoms with Crippen LogP contribution in [-0.2, 0) is 0 Å². The van der Waals surface area contributed by atoms with Crippen molar-refractivity contribution in [3.8, 4) is 0 Å². The normalized spacial score (nSPS) is 9.38. The van der Waals surface area contributed by atoms with Gasteiger partial charge in [0.1, 0.15) is 0 Å². The molecule has 0 aliphatic carbocycles. The van der Waals surface area contributed by atoms with E-state index in [4.69, 9.17) is 17.2 Å². The van der Waals surface area contributed by atoms with Gasteiger partial charge in [-0.2, -0.15) is 15.0 Å². The first-order valence-electron chi connectivity index (χ1n) is 3.70. The Morgan fingerprint density at radius 3 is 1.15 bits per heavy atom. The number of anilines is 3. The molecule has 0 saturated heterocycles. The second kappa shape index (κ2) is 5.76. The Hall–Kier alpha value is -1.85. The van der Waals surface area contributed by atoms with Gasteiger partial charge in [0.15, 0.2) is 0 Å². The van der Waals surface area contributed by atoms with Crippen molar-refractivity contribution in [1.82, 2.24) is 15.0 Å². The van der Waals surface area contributed by atoms with Crippen LogP contribution >= 0.6 is 0 Å². The molecule has 0 saturated carbocycles. The third-order valence-electron chi connectivity index (χ3n) is 1.02. The zero-order valence-electron chi connectivity index (χ0n) is 7.73. The number of nitrogens with two attached hydrogens (primary N) is 3. The Labute approximate surface area is 76.9 Å². The third-order valence-corrected chi connectivity index (χ3v) is 1.02. The second-order valence-electron chi connectivity index (χ2n) is 2.08. The number of allylic oxidation sites excluding steroid dienone is 2. The number of aromatic nitrogens is 3. The Morgan fingerprint density at radius 1 is 0.769 bits per heavy atom. The SMILES string of the molecule is CC=CC.Nc1nc(N)nc(N)n1. The summed E-state index contributed by atoms with van der Waals surface area (Å²) in [6, 6.07) is 0. The summed E-state index contributed by atoms with van der Waals surface area (Å²) >= 11 is 0. The van der Waals surface area contributed by atoms with Crippen molar-refractivity contribution in [3.63, 3.8) is 0 Å². The van der Waals surface area contributed by atoms with Crippen molar-refractivity contribution in [2.24, 2.45) is 0 Å². The molecule has 6 nitrogen and oxygen atoms in total. The molecular weight excluding hydrogens is 168 g/mol. The summed E-state index contributed by atoms with van der Waals surface area (Å²) in [6.45, 7) is 4.00. The van der Waals surface area contributed by atoms with Crippen molar-refractivity contribution in [2.45, 2.75) is 13.8 Å². The number of nitrogen functional groups attached to an aromatic ring is 3. The molecule has 6 N–H and O–H groups in total. The fraction of sp³-hybridized carbons (Fsp3) is 0.286. The topological polar surface area (TPSA) is 117 Å². The van der Waals surface area contributed by atoms with Gasteiger partial charge < -0.3 is 17.2 Å². The summed E-state index contributed by atoms with van der Waals surface area (Å²) in [6.07, 6.45) is 4.00. The highest BCUT2D eigenvalue weighted by molar-refractivity contribution is 5.33. The zero-order valence-corrected chi connectivity index (χ0v) is 7.73. The van der Waals surface area contributed by atoms with E-state index in [1.807, 2.05) is 26.0 Å². The predicted octanol–water partition coefficient (Wildman–Crippen LogP) is 0.201. The molecule has 0 aromatic carbocycles. The summed E-state index contributed by atoms with van der Waals surface area (Å²) in [7, 11) is 0. The highest BCUT2D eigenvalue weighted by atomic mass is 15.2. The van der Waals surface area contributed by atoms with E-state index < -0.39 is 0 Å². The minimum Gasteiger partial charge on any atom is -0.368 e. The quantitative estimate of drug-likeness (QED) is 0.493. The number of nitrogens with zero attached hydrogens (tertiary/aromatic N) is 3. The summed E-state index contributed by atoms with van der Waals surface area (Å²) < 4.78 is 0. The Kier molecular flexibility index (Phi) is 4.94. The fourth-order valence-electron chi connectivity index (χ4n) is 0.427. The van der Waals surface area contributed by atoms with Gasteiger partial charge in [-0.25, -0.2) is 0 Å². The predicted molar refractivity (Wildman–Crippen MR) is 53.6 cm³/mol. The molecule has 0 spiro atoms. The minimum absolute atomic E-state index is 0.0417. The summed E-state index contributed by atoms with van der Waals surface area (Å²) in [4.78, 5) is 10.5. The number of hydrogen-bond donors (Lipinski definition) is 3. The van der Waals surface area contributed by atoms with Gasteiger partial charge in [0, 0.05) is 0 Å². The van der Waals surface area contributed by atoms with Gasteiger partial charge in [0.25, 0.3) is 0 Å². The van der Waals surface area contributed by atoms with Crippen molar-refractivity contribution in [3.05, 3.63) is 12.2 Å². The lowest BCUT2D eigenvalue weighted by atomic mass is 10.6. The van der Waals surface area contributed by atoms with Crippen LogP contribution in [0.3, 0.4) is 0 Å². The first-order valence-corrected chi connectivity index (χ1v) is 3.70. The van der Waals surface area contributed by atoms with Crippen molar-refractivity contribution in [2.75, 3.05) is 17.2 Å². The molecule has 1 aromatic rings. The Bertz CT molecular complexity index is 228. The maximum atomic E-state index is 5.14. The molecule has 6 heteroatoms. The van der Waals surface area contributed by atoms with E-state index in [-0.39, 0.29) is 17.8 Å². The summed E-state index contributed by atoms with van der Waals surface area (Å²) in [5.41, 5.74) is 15.4. The molecule has 1 aromatic heterocycles. The molecule has 72 valence electrons. The summed E-state index contributed by atoms with van der Waals surface area (Å²) in [5.74, 6) is 0.125. The minimum atomic E-state index is 0.0417. The van der Waals surface area contributed by atoms with Crippen LogP contribution in [0.2, 0.25) is 0 Å². The van der Waals surface area contributed by atoms with Crippen LogP contribution < -0.4 is 17.2 Å². The van der Waals surface area contributed by atoms with Crippen LogP contribution in [0.5, 0.6) is 0 Å². The molecule has 0 aliphatic rings. The van der Waals surface area contributed by atoms with Crippen molar-refractivity contribution in [1.29, 1.82) is 0 Å². The highest BCUT2D eigenvalue weighted by Crippen LogP contribution is 1.97. The highest BCUT2D eigenvalue weighted by Gasteiger charge is 1.93. The molecule has 0 bridgehead atoms. The molecule has 0 fully saturated rings. The molecule has 0 radical (unpaired) electrons. The fourth-order valence-corrected chi connectivity index (χ4v) is 0.427. The van der Waals surface area contributed by atoms with Gasteiger partial charge in [-0.15, -0.1) is 0 Å². The van der Waals surface area contributed by atoms with Crippen LogP contribution in [0.4, 0.5) is 17.8 Å². The third kappa shape index (κ3) is 5.42. The Morgan fingerprint density at radius 2 is 1.00 bits per heavy atom. The van der Waals surface area contributed by atoms with E-state index in [1.54, 1.807) is 0 Å². The first-order chi connectivity index (χ1) is 6.10. The standard InChI is InChI=1S/C4H8.C3H6N6/c1-3-4-2;4-1-7-2(5)9-3(6)8-1/h3-4H,1-2H3;(H6,4,5,6,7,8,9). The van der Waals surface area contributed by atoms with Gasteiger partial charge in [-0.1, -0.05) is 12.2 Å². The number of hydrogen-bond acceptors (Lipinski definition) is 6. The van der Waals surface area contributed by atoms with E-state index in [9.17, 15) is 0 Å². The molecule has 0 unspecified atom stereocenters. The van der Waals surface area contributed by atoms with Gasteiger partial charge in [-0.3, -0.25) is 0 Å². The monoisotopic (exact) mass is 182 g/mol. The molecule has 0 atom stereocenters. The van der Waals surface area contributed by atoms with E-state index in [0.29, 0.717) is 0 Å². The van der Waals surface area contributed by atoms with Crippen LogP contribution in [0.1, 0.15) is 13.8 Å². The van der Waals surface area contributed by atoms with Crippen LogP contribution in [-0.4, -0.2) is 15.0 Å². The Balaban J connectivity index is 0.000000310. The summed E-state index contributed by atoms with van der Waals surface area (Å²) in [5, 5.41) is 0. The lowest BCUT2D eigenvalue weighted by Gasteiger charge is -1.93. The molecule has 1 rings (SSSR count). The van der Waals surface area contributed by atoms with Gasteiger partial charge in [-0.05, 0) is 13.8 Å². The maximum Gasteiger partial charge on any atom is 0.226 e. The molecule has 13 heavy (non-hydrogen) atoms. The largest absolute Gasteiger partial charge is 0.368 e. The van der Waals surface area contributed by atoms with Crippen molar-refractivity contribution >= 4 is 17.8 Å². The smallest absolute Gasteiger partial charge is 0.226 e. The van der Waals surface area contributed by atoms with E-state index in [1.165, 1.54) is 0 Å². The maximum absolute atomic E-state index is 5.14. The number of rotatable bonds is 0. The lowest BCUT2D eigenvalue weighted by Crippen LogP contribution is -2.05. The molecule has 0 amide bonds. The second-order valence-corrected chi connectivity index (χ2v) is 2.08. The van der Waals surface area contributed by atoms with Crippen LogP contribution in [0, 0.1) is 0 Å². The molecule has 0 aliphatic heterocycles. The van der Waals surface area contributed by atoms with Crippen LogP contribution in [0.15, 0.2) is 12.2 Å². The van der Waals surface area contributed by atoms with E-state index in [0.717, 1.165) is 0 Å². The molecular formula is C7H14N6. The average molecular weight is 182 g/mol. The van der Waals surface area contributed by atoms with Crippen LogP contribution in [0.25, 0.3) is 0 Å². The average Bonchev–Trinajstić information content (AvgIpc) is 2.02. The lowest BCUT2D eigenvalue weighted by molar-refractivity contribution is 1.09. The first kappa shape index (κ1) is 11.2. The molecule has 1 heterocycles. The zero-order chi connectivity index (χ0) is 10.3. The van der Waals surface area contributed by atoms with Crippen molar-refractivity contribution < 1.29 is 0 Å². The van der Waals surface area contributed by atoms with E-state index in [2.05, 4.69) is 15.0 Å². The van der Waals surface area contributed by atoms with Gasteiger partial charge >= 0.3 is 0 Å². The van der Waals surface area contributed by atoms with Gasteiger partial charge in [0.05, 0.1) is 0 Å². The van der Waals surface area contributed by atoms with E-state index >= 15 is 0 Å².